The average molecular weight is 285 g/mol. The molecule has 2 rings (SSSR count). The molecule has 0 spiro atoms. The van der Waals surface area contributed by atoms with Crippen LogP contribution in [0.5, 0.6) is 0 Å². The van der Waals surface area contributed by atoms with Crippen LogP contribution in [-0.2, 0) is 0 Å². The van der Waals surface area contributed by atoms with Crippen molar-refractivity contribution in [2.45, 2.75) is 18.2 Å². The highest BCUT2D eigenvalue weighted by molar-refractivity contribution is 6.21. The molecule has 100 valence electrons. The molecule has 4 heteroatoms. The number of hydrogen-bond acceptors (Lipinski definition) is 0. The molecule has 0 bridgehead atoms. The van der Waals surface area contributed by atoms with Gasteiger partial charge in [-0.05, 0) is 11.6 Å². The molecule has 0 aliphatic carbocycles. The first-order valence-corrected chi connectivity index (χ1v) is 6.28. The van der Waals surface area contributed by atoms with Crippen molar-refractivity contribution in [1.29, 1.82) is 0 Å². The van der Waals surface area contributed by atoms with E-state index in [1.807, 2.05) is 37.3 Å². The van der Waals surface area contributed by atoms with Gasteiger partial charge >= 0.3 is 0 Å². The molecule has 0 nitrogen and oxygen atoms in total. The smallest absolute Gasteiger partial charge is 0.161 e. The summed E-state index contributed by atoms with van der Waals surface area (Å²) in [5.41, 5.74) is 0.878. The SMILES string of the molecule is CC(c1ccccc1)C(Cl)c1cc(F)c(F)cc1F. The van der Waals surface area contributed by atoms with Gasteiger partial charge in [-0.15, -0.1) is 11.6 Å². The molecule has 2 unspecified atom stereocenters. The van der Waals surface area contributed by atoms with Gasteiger partial charge in [-0.25, -0.2) is 13.2 Å². The van der Waals surface area contributed by atoms with Crippen molar-refractivity contribution >= 4 is 11.6 Å². The topological polar surface area (TPSA) is 0 Å². The monoisotopic (exact) mass is 284 g/mol. The van der Waals surface area contributed by atoms with Gasteiger partial charge in [0, 0.05) is 17.5 Å². The molecule has 2 aromatic carbocycles. The van der Waals surface area contributed by atoms with Crippen molar-refractivity contribution in [1.82, 2.24) is 0 Å². The van der Waals surface area contributed by atoms with Gasteiger partial charge in [-0.2, -0.15) is 0 Å². The highest BCUT2D eigenvalue weighted by Crippen LogP contribution is 2.37. The van der Waals surface area contributed by atoms with E-state index in [1.165, 1.54) is 0 Å². The van der Waals surface area contributed by atoms with E-state index in [-0.39, 0.29) is 11.5 Å². The summed E-state index contributed by atoms with van der Waals surface area (Å²) in [7, 11) is 0. The maximum absolute atomic E-state index is 13.7. The molecule has 0 radical (unpaired) electrons. The summed E-state index contributed by atoms with van der Waals surface area (Å²) in [5.74, 6) is -3.36. The Morgan fingerprint density at radius 2 is 1.47 bits per heavy atom. The standard InChI is InChI=1S/C15H12ClF3/c1-9(10-5-3-2-4-6-10)15(16)11-7-13(18)14(19)8-12(11)17/h2-9,15H,1H3. The first kappa shape index (κ1) is 13.9. The van der Waals surface area contributed by atoms with Crippen LogP contribution in [0.15, 0.2) is 42.5 Å². The average Bonchev–Trinajstić information content (AvgIpc) is 2.42. The molecule has 2 atom stereocenters. The lowest BCUT2D eigenvalue weighted by Gasteiger charge is -2.19. The zero-order valence-electron chi connectivity index (χ0n) is 10.2. The van der Waals surface area contributed by atoms with Crippen molar-refractivity contribution in [2.75, 3.05) is 0 Å². The lowest BCUT2D eigenvalue weighted by molar-refractivity contribution is 0.487. The lowest BCUT2D eigenvalue weighted by atomic mass is 9.93. The Hall–Kier alpha value is -1.48. The molecular formula is C15H12ClF3. The zero-order chi connectivity index (χ0) is 14.0. The largest absolute Gasteiger partial charge is 0.207 e. The van der Waals surface area contributed by atoms with Gasteiger partial charge < -0.3 is 0 Å². The summed E-state index contributed by atoms with van der Waals surface area (Å²) in [6.45, 7) is 1.81. The third-order valence-corrected chi connectivity index (χ3v) is 3.71. The quantitative estimate of drug-likeness (QED) is 0.537. The Kier molecular flexibility index (Phi) is 4.15. The molecule has 0 heterocycles. The van der Waals surface area contributed by atoms with Gasteiger partial charge in [0.2, 0.25) is 0 Å². The predicted molar refractivity (Wildman–Crippen MR) is 69.8 cm³/mol. The Bertz CT molecular complexity index is 569. The maximum Gasteiger partial charge on any atom is 0.161 e. The second-order valence-corrected chi connectivity index (χ2v) is 4.86. The maximum atomic E-state index is 13.7. The molecule has 0 amide bonds. The summed E-state index contributed by atoms with van der Waals surface area (Å²) in [6, 6.07) is 10.6. The number of benzene rings is 2. The number of alkyl halides is 1. The summed E-state index contributed by atoms with van der Waals surface area (Å²) in [6.07, 6.45) is 0. The van der Waals surface area contributed by atoms with Crippen molar-refractivity contribution in [3.63, 3.8) is 0 Å². The van der Waals surface area contributed by atoms with Gasteiger partial charge in [0.25, 0.3) is 0 Å². The molecule has 0 aliphatic heterocycles. The van der Waals surface area contributed by atoms with E-state index in [1.54, 1.807) is 0 Å². The molecule has 0 aliphatic rings. The van der Waals surface area contributed by atoms with Gasteiger partial charge in [-0.1, -0.05) is 37.3 Å². The Morgan fingerprint density at radius 3 is 2.11 bits per heavy atom. The number of halogens is 4. The molecule has 2 aromatic rings. The van der Waals surface area contributed by atoms with E-state index in [4.69, 9.17) is 11.6 Å². The van der Waals surface area contributed by atoms with Gasteiger partial charge in [-0.3, -0.25) is 0 Å². The van der Waals surface area contributed by atoms with E-state index in [9.17, 15) is 13.2 Å². The van der Waals surface area contributed by atoms with Gasteiger partial charge in [0.1, 0.15) is 5.82 Å². The highest BCUT2D eigenvalue weighted by atomic mass is 35.5. The highest BCUT2D eigenvalue weighted by Gasteiger charge is 2.23. The first-order chi connectivity index (χ1) is 9.00. The van der Waals surface area contributed by atoms with Crippen LogP contribution in [0.4, 0.5) is 13.2 Å². The van der Waals surface area contributed by atoms with E-state index in [0.29, 0.717) is 6.07 Å². The van der Waals surface area contributed by atoms with Crippen LogP contribution in [0.3, 0.4) is 0 Å². The van der Waals surface area contributed by atoms with Crippen molar-refractivity contribution in [3.8, 4) is 0 Å². The number of hydrogen-bond donors (Lipinski definition) is 0. The first-order valence-electron chi connectivity index (χ1n) is 5.84. The van der Waals surface area contributed by atoms with Crippen LogP contribution in [0, 0.1) is 17.5 Å². The lowest BCUT2D eigenvalue weighted by Crippen LogP contribution is -2.06. The Labute approximate surface area is 114 Å². The summed E-state index contributed by atoms with van der Waals surface area (Å²) in [4.78, 5) is 0. The van der Waals surface area contributed by atoms with E-state index in [0.717, 1.165) is 11.6 Å². The van der Waals surface area contributed by atoms with E-state index in [2.05, 4.69) is 0 Å². The summed E-state index contributed by atoms with van der Waals surface area (Å²) >= 11 is 6.19. The fourth-order valence-corrected chi connectivity index (χ4v) is 2.26. The molecule has 0 N–H and O–H groups in total. The molecule has 0 fully saturated rings. The third kappa shape index (κ3) is 2.92. The van der Waals surface area contributed by atoms with Crippen LogP contribution in [0.25, 0.3) is 0 Å². The summed E-state index contributed by atoms with van der Waals surface area (Å²) in [5, 5.41) is -0.766. The minimum Gasteiger partial charge on any atom is -0.207 e. The predicted octanol–water partition coefficient (Wildman–Crippen LogP) is 5.19. The van der Waals surface area contributed by atoms with Crippen molar-refractivity contribution < 1.29 is 13.2 Å². The molecule has 0 saturated carbocycles. The zero-order valence-corrected chi connectivity index (χ0v) is 11.0. The molecule has 19 heavy (non-hydrogen) atoms. The van der Waals surface area contributed by atoms with Crippen LogP contribution >= 0.6 is 11.6 Å². The second kappa shape index (κ2) is 5.66. The summed E-state index contributed by atoms with van der Waals surface area (Å²) < 4.78 is 39.7. The van der Waals surface area contributed by atoms with Crippen LogP contribution in [-0.4, -0.2) is 0 Å². The van der Waals surface area contributed by atoms with Crippen LogP contribution in [0.1, 0.15) is 29.3 Å². The third-order valence-electron chi connectivity index (χ3n) is 3.10. The van der Waals surface area contributed by atoms with Crippen LogP contribution in [0.2, 0.25) is 0 Å². The minimum absolute atomic E-state index is 0.0306. The second-order valence-electron chi connectivity index (χ2n) is 4.39. The van der Waals surface area contributed by atoms with Crippen LogP contribution < -0.4 is 0 Å². The normalized spacial score (nSPS) is 14.2. The fourth-order valence-electron chi connectivity index (χ4n) is 1.94. The Balaban J connectivity index is 2.34. The van der Waals surface area contributed by atoms with E-state index < -0.39 is 22.8 Å². The number of rotatable bonds is 3. The molecular weight excluding hydrogens is 273 g/mol. The molecule has 0 saturated heterocycles. The fraction of sp³-hybridized carbons (Fsp3) is 0.200. The molecule has 0 aromatic heterocycles. The van der Waals surface area contributed by atoms with E-state index >= 15 is 0 Å². The minimum atomic E-state index is -1.21. The Morgan fingerprint density at radius 1 is 0.895 bits per heavy atom. The van der Waals surface area contributed by atoms with Crippen molar-refractivity contribution in [3.05, 3.63) is 71.0 Å². The van der Waals surface area contributed by atoms with Gasteiger partial charge in [0.15, 0.2) is 11.6 Å². The van der Waals surface area contributed by atoms with Crippen molar-refractivity contribution in [2.24, 2.45) is 0 Å². The van der Waals surface area contributed by atoms with Gasteiger partial charge in [0.05, 0.1) is 5.38 Å².